The van der Waals surface area contributed by atoms with Crippen LogP contribution in [-0.2, 0) is 4.74 Å². The van der Waals surface area contributed by atoms with Crippen molar-refractivity contribution in [2.24, 2.45) is 0 Å². The first-order chi connectivity index (χ1) is 8.81. The summed E-state index contributed by atoms with van der Waals surface area (Å²) in [6, 6.07) is 4.39. The molecule has 3 nitrogen and oxygen atoms in total. The SMILES string of the molecule is CCCNC(C1=COCCC1)c1cc(C)ccn1. The Labute approximate surface area is 109 Å². The minimum atomic E-state index is 0.199. The Hall–Kier alpha value is -1.35. The number of nitrogens with zero attached hydrogens (tertiary/aromatic N) is 1. The molecule has 98 valence electrons. The molecule has 0 saturated carbocycles. The summed E-state index contributed by atoms with van der Waals surface area (Å²) in [5.41, 5.74) is 3.66. The highest BCUT2D eigenvalue weighted by molar-refractivity contribution is 5.25. The van der Waals surface area contributed by atoms with E-state index < -0.39 is 0 Å². The lowest BCUT2D eigenvalue weighted by Crippen LogP contribution is -2.26. The van der Waals surface area contributed by atoms with Crippen LogP contribution in [0.5, 0.6) is 0 Å². The van der Waals surface area contributed by atoms with E-state index >= 15 is 0 Å². The maximum Gasteiger partial charge on any atom is 0.0876 e. The summed E-state index contributed by atoms with van der Waals surface area (Å²) in [5.74, 6) is 0. The molecular weight excluding hydrogens is 224 g/mol. The fraction of sp³-hybridized carbons (Fsp3) is 0.533. The molecule has 1 unspecified atom stereocenters. The number of aromatic nitrogens is 1. The van der Waals surface area contributed by atoms with Gasteiger partial charge >= 0.3 is 0 Å². The Morgan fingerprint density at radius 2 is 2.39 bits per heavy atom. The molecule has 1 N–H and O–H groups in total. The quantitative estimate of drug-likeness (QED) is 0.866. The summed E-state index contributed by atoms with van der Waals surface area (Å²) in [7, 11) is 0. The minimum absolute atomic E-state index is 0.199. The van der Waals surface area contributed by atoms with Crippen LogP contribution in [-0.4, -0.2) is 18.1 Å². The van der Waals surface area contributed by atoms with E-state index in [2.05, 4.69) is 30.2 Å². The molecule has 1 aliphatic rings. The second kappa shape index (κ2) is 6.55. The van der Waals surface area contributed by atoms with Gasteiger partial charge in [-0.3, -0.25) is 4.98 Å². The third kappa shape index (κ3) is 3.33. The molecule has 0 bridgehead atoms. The van der Waals surface area contributed by atoms with Crippen molar-refractivity contribution in [3.8, 4) is 0 Å². The van der Waals surface area contributed by atoms with Gasteiger partial charge in [-0.25, -0.2) is 0 Å². The van der Waals surface area contributed by atoms with Gasteiger partial charge in [-0.15, -0.1) is 0 Å². The zero-order valence-electron chi connectivity index (χ0n) is 11.3. The van der Waals surface area contributed by atoms with Crippen LogP contribution in [0.3, 0.4) is 0 Å². The van der Waals surface area contributed by atoms with E-state index in [0.717, 1.165) is 38.1 Å². The van der Waals surface area contributed by atoms with Gasteiger partial charge in [0.1, 0.15) is 0 Å². The Bertz CT molecular complexity index is 415. The third-order valence-electron chi connectivity index (χ3n) is 3.16. The standard InChI is InChI=1S/C15H22N2O/c1-3-7-17-15(13-5-4-9-18-11-13)14-10-12(2)6-8-16-14/h6,8,10-11,15,17H,3-5,7,9H2,1-2H3. The lowest BCUT2D eigenvalue weighted by molar-refractivity contribution is 0.219. The number of aryl methyl sites for hydroxylation is 1. The van der Waals surface area contributed by atoms with Crippen LogP contribution < -0.4 is 5.32 Å². The summed E-state index contributed by atoms with van der Waals surface area (Å²) >= 11 is 0. The van der Waals surface area contributed by atoms with Gasteiger partial charge in [-0.05, 0) is 56.0 Å². The molecule has 1 aliphatic heterocycles. The highest BCUT2D eigenvalue weighted by atomic mass is 16.5. The lowest BCUT2D eigenvalue weighted by Gasteiger charge is -2.24. The van der Waals surface area contributed by atoms with Crippen LogP contribution in [0.15, 0.2) is 30.2 Å². The number of ether oxygens (including phenoxy) is 1. The molecule has 0 amide bonds. The summed E-state index contributed by atoms with van der Waals surface area (Å²) in [6.45, 7) is 6.12. The Morgan fingerprint density at radius 3 is 3.06 bits per heavy atom. The lowest BCUT2D eigenvalue weighted by atomic mass is 9.98. The highest BCUT2D eigenvalue weighted by Crippen LogP contribution is 2.26. The monoisotopic (exact) mass is 246 g/mol. The molecule has 0 aliphatic carbocycles. The Kier molecular flexibility index (Phi) is 4.76. The number of nitrogens with one attached hydrogen (secondary N) is 1. The average molecular weight is 246 g/mol. The highest BCUT2D eigenvalue weighted by Gasteiger charge is 2.19. The van der Waals surface area contributed by atoms with Crippen LogP contribution >= 0.6 is 0 Å². The van der Waals surface area contributed by atoms with E-state index in [1.54, 1.807) is 0 Å². The predicted octanol–water partition coefficient (Wildman–Crippen LogP) is 3.13. The topological polar surface area (TPSA) is 34.1 Å². The molecule has 18 heavy (non-hydrogen) atoms. The van der Waals surface area contributed by atoms with Gasteiger partial charge in [0.2, 0.25) is 0 Å². The first-order valence-corrected chi connectivity index (χ1v) is 6.77. The van der Waals surface area contributed by atoms with Crippen LogP contribution in [0, 0.1) is 6.92 Å². The smallest absolute Gasteiger partial charge is 0.0876 e. The normalized spacial score (nSPS) is 16.9. The molecule has 0 spiro atoms. The second-order valence-corrected chi connectivity index (χ2v) is 4.81. The van der Waals surface area contributed by atoms with Crippen molar-refractivity contribution in [1.29, 1.82) is 0 Å². The van der Waals surface area contributed by atoms with Gasteiger partial charge < -0.3 is 10.1 Å². The molecule has 0 radical (unpaired) electrons. The molecule has 1 atom stereocenters. The minimum Gasteiger partial charge on any atom is -0.501 e. The van der Waals surface area contributed by atoms with E-state index in [9.17, 15) is 0 Å². The van der Waals surface area contributed by atoms with Gasteiger partial charge in [0.15, 0.2) is 0 Å². The molecule has 0 fully saturated rings. The zero-order valence-corrected chi connectivity index (χ0v) is 11.3. The largest absolute Gasteiger partial charge is 0.501 e. The Morgan fingerprint density at radius 1 is 1.50 bits per heavy atom. The summed E-state index contributed by atoms with van der Waals surface area (Å²) < 4.78 is 5.46. The van der Waals surface area contributed by atoms with Crippen LogP contribution in [0.2, 0.25) is 0 Å². The molecule has 0 aromatic carbocycles. The van der Waals surface area contributed by atoms with Gasteiger partial charge in [0, 0.05) is 6.20 Å². The van der Waals surface area contributed by atoms with E-state index in [1.165, 1.54) is 11.1 Å². The van der Waals surface area contributed by atoms with Gasteiger partial charge in [-0.1, -0.05) is 6.92 Å². The molecule has 3 heteroatoms. The van der Waals surface area contributed by atoms with Gasteiger partial charge in [0.05, 0.1) is 24.6 Å². The van der Waals surface area contributed by atoms with Crippen molar-refractivity contribution < 1.29 is 4.74 Å². The summed E-state index contributed by atoms with van der Waals surface area (Å²) in [6.07, 6.45) is 7.12. The second-order valence-electron chi connectivity index (χ2n) is 4.81. The predicted molar refractivity (Wildman–Crippen MR) is 73.3 cm³/mol. The number of hydrogen-bond acceptors (Lipinski definition) is 3. The molecular formula is C15H22N2O. The number of hydrogen-bond donors (Lipinski definition) is 1. The van der Waals surface area contributed by atoms with E-state index in [-0.39, 0.29) is 6.04 Å². The molecule has 2 heterocycles. The first kappa shape index (κ1) is 13.1. The summed E-state index contributed by atoms with van der Waals surface area (Å²) in [4.78, 5) is 4.51. The number of pyridine rings is 1. The van der Waals surface area contributed by atoms with Crippen molar-refractivity contribution in [2.75, 3.05) is 13.2 Å². The van der Waals surface area contributed by atoms with Crippen molar-refractivity contribution in [2.45, 2.75) is 39.2 Å². The maximum atomic E-state index is 5.46. The Balaban J connectivity index is 2.21. The van der Waals surface area contributed by atoms with Crippen molar-refractivity contribution in [3.63, 3.8) is 0 Å². The first-order valence-electron chi connectivity index (χ1n) is 6.77. The van der Waals surface area contributed by atoms with Gasteiger partial charge in [-0.2, -0.15) is 0 Å². The zero-order chi connectivity index (χ0) is 12.8. The maximum absolute atomic E-state index is 5.46. The summed E-state index contributed by atoms with van der Waals surface area (Å²) in [5, 5.41) is 3.57. The van der Waals surface area contributed by atoms with Crippen LogP contribution in [0.25, 0.3) is 0 Å². The van der Waals surface area contributed by atoms with Crippen molar-refractivity contribution in [3.05, 3.63) is 41.4 Å². The van der Waals surface area contributed by atoms with E-state index in [1.807, 2.05) is 18.5 Å². The fourth-order valence-electron chi connectivity index (χ4n) is 2.23. The van der Waals surface area contributed by atoms with Crippen LogP contribution in [0.4, 0.5) is 0 Å². The molecule has 2 rings (SSSR count). The van der Waals surface area contributed by atoms with Gasteiger partial charge in [0.25, 0.3) is 0 Å². The van der Waals surface area contributed by atoms with Crippen molar-refractivity contribution in [1.82, 2.24) is 10.3 Å². The average Bonchev–Trinajstić information content (AvgIpc) is 2.40. The molecule has 1 aromatic heterocycles. The van der Waals surface area contributed by atoms with Crippen molar-refractivity contribution >= 4 is 0 Å². The van der Waals surface area contributed by atoms with Crippen LogP contribution in [0.1, 0.15) is 43.5 Å². The molecule has 1 aromatic rings. The third-order valence-corrected chi connectivity index (χ3v) is 3.16. The van der Waals surface area contributed by atoms with E-state index in [0.29, 0.717) is 0 Å². The fourth-order valence-corrected chi connectivity index (χ4v) is 2.23. The number of rotatable bonds is 5. The molecule has 0 saturated heterocycles. The van der Waals surface area contributed by atoms with E-state index in [4.69, 9.17) is 4.74 Å².